The molecule has 0 radical (unpaired) electrons. The highest BCUT2D eigenvalue weighted by Gasteiger charge is 2.44. The van der Waals surface area contributed by atoms with Gasteiger partial charge in [0.25, 0.3) is 0 Å². The third-order valence-corrected chi connectivity index (χ3v) is 3.98. The molecule has 1 saturated heterocycles. The molecule has 6 heteroatoms. The lowest BCUT2D eigenvalue weighted by Crippen LogP contribution is -2.64. The van der Waals surface area contributed by atoms with Crippen molar-refractivity contribution in [2.24, 2.45) is 0 Å². The number of amides is 1. The predicted octanol–water partition coefficient (Wildman–Crippen LogP) is 2.07. The van der Waals surface area contributed by atoms with E-state index in [0.717, 1.165) is 32.1 Å². The highest BCUT2D eigenvalue weighted by molar-refractivity contribution is 5.78. The molecule has 0 unspecified atom stereocenters. The van der Waals surface area contributed by atoms with Gasteiger partial charge in [-0.3, -0.25) is 4.79 Å². The van der Waals surface area contributed by atoms with Crippen molar-refractivity contribution in [2.45, 2.75) is 50.2 Å². The van der Waals surface area contributed by atoms with E-state index < -0.39 is 18.5 Å². The fourth-order valence-corrected chi connectivity index (χ4v) is 3.16. The zero-order valence-corrected chi connectivity index (χ0v) is 10.4. The minimum Gasteiger partial charge on any atom is -0.334 e. The minimum atomic E-state index is -4.40. The first-order chi connectivity index (χ1) is 8.43. The molecule has 1 aliphatic heterocycles. The first-order valence-corrected chi connectivity index (χ1v) is 6.51. The summed E-state index contributed by atoms with van der Waals surface area (Å²) in [5.41, 5.74) is -0.362. The normalized spacial score (nSPS) is 24.3. The Morgan fingerprint density at radius 3 is 2.50 bits per heavy atom. The first kappa shape index (κ1) is 13.6. The van der Waals surface area contributed by atoms with Gasteiger partial charge in [0.1, 0.15) is 6.42 Å². The molecule has 1 spiro atoms. The minimum absolute atomic E-state index is 0.362. The number of nitrogens with zero attached hydrogens (tertiary/aromatic N) is 1. The molecule has 3 nitrogen and oxygen atoms in total. The molecule has 1 heterocycles. The number of carbonyl (C=O) groups is 1. The van der Waals surface area contributed by atoms with Gasteiger partial charge in [-0.25, -0.2) is 0 Å². The van der Waals surface area contributed by atoms with Gasteiger partial charge in [-0.2, -0.15) is 13.2 Å². The summed E-state index contributed by atoms with van der Waals surface area (Å²) in [6.07, 6.45) is -0.974. The maximum absolute atomic E-state index is 12.4. The zero-order chi connectivity index (χ0) is 13.2. The van der Waals surface area contributed by atoms with E-state index in [1.807, 2.05) is 0 Å². The van der Waals surface area contributed by atoms with Crippen molar-refractivity contribution in [3.8, 4) is 0 Å². The van der Waals surface area contributed by atoms with Crippen LogP contribution in [0.1, 0.15) is 38.5 Å². The van der Waals surface area contributed by atoms with Crippen LogP contribution in [0.15, 0.2) is 0 Å². The van der Waals surface area contributed by atoms with Gasteiger partial charge < -0.3 is 10.2 Å². The number of hydrogen-bond donors (Lipinski definition) is 1. The van der Waals surface area contributed by atoms with Gasteiger partial charge >= 0.3 is 6.18 Å². The van der Waals surface area contributed by atoms with E-state index in [2.05, 4.69) is 5.32 Å². The molecule has 0 bridgehead atoms. The lowest BCUT2D eigenvalue weighted by molar-refractivity contribution is -0.168. The molecule has 0 atom stereocenters. The van der Waals surface area contributed by atoms with Crippen molar-refractivity contribution in [1.82, 2.24) is 10.2 Å². The van der Waals surface area contributed by atoms with Gasteiger partial charge in [-0.05, 0) is 12.8 Å². The first-order valence-electron chi connectivity index (χ1n) is 6.51. The molecule has 1 saturated carbocycles. The van der Waals surface area contributed by atoms with Crippen molar-refractivity contribution in [2.75, 3.05) is 19.6 Å². The summed E-state index contributed by atoms with van der Waals surface area (Å²) in [7, 11) is 0. The van der Waals surface area contributed by atoms with Gasteiger partial charge in [0.2, 0.25) is 5.91 Å². The molecule has 0 aromatic rings. The number of nitrogens with one attached hydrogen (secondary N) is 1. The molecule has 0 aromatic heterocycles. The second-order valence-corrected chi connectivity index (χ2v) is 5.30. The van der Waals surface area contributed by atoms with E-state index in [1.54, 1.807) is 0 Å². The Labute approximate surface area is 105 Å². The molecule has 2 fully saturated rings. The summed E-state index contributed by atoms with van der Waals surface area (Å²) in [5, 5.41) is 3.22. The standard InChI is InChI=1S/C12H19F3N2O/c13-12(14,15)8-10(18)17-7-6-16-9-11(17)4-2-1-3-5-11/h16H,1-9H2. The maximum Gasteiger partial charge on any atom is 0.397 e. The number of alkyl halides is 3. The third kappa shape index (κ3) is 2.96. The SMILES string of the molecule is O=C(CC(F)(F)F)N1CCNCC12CCCCC2. The number of piperazine rings is 1. The molecule has 18 heavy (non-hydrogen) atoms. The van der Waals surface area contributed by atoms with Crippen LogP contribution in [-0.4, -0.2) is 42.2 Å². The van der Waals surface area contributed by atoms with Crippen molar-refractivity contribution in [1.29, 1.82) is 0 Å². The molecule has 2 rings (SSSR count). The largest absolute Gasteiger partial charge is 0.397 e. The number of hydrogen-bond acceptors (Lipinski definition) is 2. The van der Waals surface area contributed by atoms with Gasteiger partial charge in [0.05, 0.1) is 5.54 Å². The van der Waals surface area contributed by atoms with E-state index >= 15 is 0 Å². The van der Waals surface area contributed by atoms with E-state index in [9.17, 15) is 18.0 Å². The lowest BCUT2D eigenvalue weighted by atomic mass is 9.79. The summed E-state index contributed by atoms with van der Waals surface area (Å²) in [6.45, 7) is 1.62. The Morgan fingerprint density at radius 2 is 1.89 bits per heavy atom. The second-order valence-electron chi connectivity index (χ2n) is 5.30. The molecule has 0 aromatic carbocycles. The van der Waals surface area contributed by atoms with Gasteiger partial charge in [-0.15, -0.1) is 0 Å². The Balaban J connectivity index is 2.10. The molecule has 104 valence electrons. The molecule has 1 aliphatic carbocycles. The van der Waals surface area contributed by atoms with E-state index in [1.165, 1.54) is 4.90 Å². The van der Waals surface area contributed by atoms with Crippen LogP contribution in [0, 0.1) is 0 Å². The fraction of sp³-hybridized carbons (Fsp3) is 0.917. The van der Waals surface area contributed by atoms with Crippen molar-refractivity contribution >= 4 is 5.91 Å². The van der Waals surface area contributed by atoms with E-state index in [4.69, 9.17) is 0 Å². The van der Waals surface area contributed by atoms with Crippen LogP contribution < -0.4 is 5.32 Å². The number of halogens is 3. The number of rotatable bonds is 1. The third-order valence-electron chi connectivity index (χ3n) is 3.98. The number of carbonyl (C=O) groups excluding carboxylic acids is 1. The van der Waals surface area contributed by atoms with Crippen LogP contribution in [0.4, 0.5) is 13.2 Å². The lowest BCUT2D eigenvalue weighted by Gasteiger charge is -2.50. The Hall–Kier alpha value is -0.780. The highest BCUT2D eigenvalue weighted by Crippen LogP contribution is 2.36. The topological polar surface area (TPSA) is 32.3 Å². The second kappa shape index (κ2) is 5.07. The van der Waals surface area contributed by atoms with Crippen LogP contribution >= 0.6 is 0 Å². The average molecular weight is 264 g/mol. The van der Waals surface area contributed by atoms with Crippen molar-refractivity contribution < 1.29 is 18.0 Å². The quantitative estimate of drug-likeness (QED) is 0.786. The summed E-state index contributed by atoms with van der Waals surface area (Å²) < 4.78 is 37.1. The van der Waals surface area contributed by atoms with Crippen LogP contribution in [0.2, 0.25) is 0 Å². The van der Waals surface area contributed by atoms with Crippen LogP contribution in [0.25, 0.3) is 0 Å². The summed E-state index contributed by atoms with van der Waals surface area (Å²) >= 11 is 0. The Bertz CT molecular complexity index is 303. The van der Waals surface area contributed by atoms with E-state index in [-0.39, 0.29) is 5.54 Å². The van der Waals surface area contributed by atoms with Gasteiger partial charge in [0, 0.05) is 19.6 Å². The summed E-state index contributed by atoms with van der Waals surface area (Å²) in [5.74, 6) is -0.758. The molecular formula is C12H19F3N2O. The summed E-state index contributed by atoms with van der Waals surface area (Å²) in [4.78, 5) is 13.4. The highest BCUT2D eigenvalue weighted by atomic mass is 19.4. The van der Waals surface area contributed by atoms with Gasteiger partial charge in [0.15, 0.2) is 0 Å². The fourth-order valence-electron chi connectivity index (χ4n) is 3.16. The average Bonchev–Trinajstić information content (AvgIpc) is 2.28. The van der Waals surface area contributed by atoms with Crippen LogP contribution in [0.5, 0.6) is 0 Å². The predicted molar refractivity (Wildman–Crippen MR) is 61.1 cm³/mol. The van der Waals surface area contributed by atoms with E-state index in [0.29, 0.717) is 19.6 Å². The summed E-state index contributed by atoms with van der Waals surface area (Å²) in [6, 6.07) is 0. The maximum atomic E-state index is 12.4. The zero-order valence-electron chi connectivity index (χ0n) is 10.4. The monoisotopic (exact) mass is 264 g/mol. The molecule has 2 aliphatic rings. The molecule has 1 N–H and O–H groups in total. The van der Waals surface area contributed by atoms with Gasteiger partial charge in [-0.1, -0.05) is 19.3 Å². The van der Waals surface area contributed by atoms with Crippen molar-refractivity contribution in [3.63, 3.8) is 0 Å². The Kier molecular flexibility index (Phi) is 3.84. The molecule has 1 amide bonds. The van der Waals surface area contributed by atoms with Crippen molar-refractivity contribution in [3.05, 3.63) is 0 Å². The van der Waals surface area contributed by atoms with Crippen LogP contribution in [-0.2, 0) is 4.79 Å². The van der Waals surface area contributed by atoms with Crippen LogP contribution in [0.3, 0.4) is 0 Å². The smallest absolute Gasteiger partial charge is 0.334 e. The molecular weight excluding hydrogens is 245 g/mol. The Morgan fingerprint density at radius 1 is 1.22 bits per heavy atom.